The van der Waals surface area contributed by atoms with Gasteiger partial charge in [0.2, 0.25) is 0 Å². The zero-order valence-electron chi connectivity index (χ0n) is 8.14. The lowest BCUT2D eigenvalue weighted by atomic mass is 10.0. The number of hydrogen-bond acceptors (Lipinski definition) is 2. The van der Waals surface area contributed by atoms with Gasteiger partial charge in [-0.25, -0.2) is 0 Å². The fourth-order valence-corrected chi connectivity index (χ4v) is 1.64. The minimum atomic E-state index is 0.727. The summed E-state index contributed by atoms with van der Waals surface area (Å²) in [4.78, 5) is 0. The Morgan fingerprint density at radius 2 is 2.08 bits per heavy atom. The SMILES string of the molecule is CCNC(=S)NCC1CCOCC1. The molecule has 0 spiro atoms. The Balaban J connectivity index is 2.06. The first-order valence-corrected chi connectivity index (χ1v) is 5.33. The summed E-state index contributed by atoms with van der Waals surface area (Å²) in [5.74, 6) is 0.727. The maximum absolute atomic E-state index is 5.28. The van der Waals surface area contributed by atoms with E-state index < -0.39 is 0 Å². The van der Waals surface area contributed by atoms with E-state index in [1.54, 1.807) is 0 Å². The van der Waals surface area contributed by atoms with E-state index in [9.17, 15) is 0 Å². The summed E-state index contributed by atoms with van der Waals surface area (Å²) in [7, 11) is 0. The second-order valence-electron chi connectivity index (χ2n) is 3.30. The average Bonchev–Trinajstić information content (AvgIpc) is 2.17. The molecule has 0 unspecified atom stereocenters. The second kappa shape index (κ2) is 6.16. The van der Waals surface area contributed by atoms with E-state index in [2.05, 4.69) is 10.6 Å². The van der Waals surface area contributed by atoms with Crippen LogP contribution in [-0.2, 0) is 4.74 Å². The van der Waals surface area contributed by atoms with Crippen LogP contribution in [0.5, 0.6) is 0 Å². The molecule has 0 saturated carbocycles. The second-order valence-corrected chi connectivity index (χ2v) is 3.70. The number of rotatable bonds is 3. The molecule has 0 aromatic rings. The molecule has 4 heteroatoms. The van der Waals surface area contributed by atoms with Gasteiger partial charge in [-0.05, 0) is 37.9 Å². The molecule has 2 N–H and O–H groups in total. The van der Waals surface area contributed by atoms with E-state index in [0.717, 1.165) is 50.2 Å². The summed E-state index contributed by atoms with van der Waals surface area (Å²) >= 11 is 5.07. The molecule has 1 aliphatic rings. The van der Waals surface area contributed by atoms with Gasteiger partial charge in [0.25, 0.3) is 0 Å². The molecule has 1 rings (SSSR count). The lowest BCUT2D eigenvalue weighted by Gasteiger charge is -2.22. The Bertz CT molecular complexity index is 158. The standard InChI is InChI=1S/C9H18N2OS/c1-2-10-9(13)11-7-8-3-5-12-6-4-8/h8H,2-7H2,1H3,(H2,10,11,13). The van der Waals surface area contributed by atoms with Gasteiger partial charge in [0.05, 0.1) is 0 Å². The monoisotopic (exact) mass is 202 g/mol. The zero-order chi connectivity index (χ0) is 9.52. The summed E-state index contributed by atoms with van der Waals surface area (Å²) in [5.41, 5.74) is 0. The zero-order valence-corrected chi connectivity index (χ0v) is 8.95. The van der Waals surface area contributed by atoms with Crippen molar-refractivity contribution in [2.45, 2.75) is 19.8 Å². The van der Waals surface area contributed by atoms with Gasteiger partial charge in [0.1, 0.15) is 0 Å². The van der Waals surface area contributed by atoms with E-state index in [1.807, 2.05) is 6.92 Å². The molecule has 0 bridgehead atoms. The van der Waals surface area contributed by atoms with E-state index in [1.165, 1.54) is 0 Å². The number of ether oxygens (including phenoxy) is 1. The minimum Gasteiger partial charge on any atom is -0.381 e. The predicted octanol–water partition coefficient (Wildman–Crippen LogP) is 0.897. The van der Waals surface area contributed by atoms with Crippen LogP contribution in [0.2, 0.25) is 0 Å². The smallest absolute Gasteiger partial charge is 0.166 e. The van der Waals surface area contributed by atoms with Crippen molar-refractivity contribution in [1.82, 2.24) is 10.6 Å². The molecule has 13 heavy (non-hydrogen) atoms. The fraction of sp³-hybridized carbons (Fsp3) is 0.889. The molecule has 0 amide bonds. The molecule has 0 aromatic carbocycles. The minimum absolute atomic E-state index is 0.727. The van der Waals surface area contributed by atoms with Gasteiger partial charge >= 0.3 is 0 Å². The Hall–Kier alpha value is -0.350. The molecule has 1 aliphatic heterocycles. The van der Waals surface area contributed by atoms with Crippen molar-refractivity contribution in [3.63, 3.8) is 0 Å². The Kier molecular flexibility index (Phi) is 5.08. The normalized spacial score (nSPS) is 18.2. The van der Waals surface area contributed by atoms with Crippen LogP contribution in [-0.4, -0.2) is 31.4 Å². The lowest BCUT2D eigenvalue weighted by Crippen LogP contribution is -2.38. The molecule has 0 radical (unpaired) electrons. The Morgan fingerprint density at radius 1 is 1.38 bits per heavy atom. The van der Waals surface area contributed by atoms with Crippen molar-refractivity contribution < 1.29 is 4.74 Å². The van der Waals surface area contributed by atoms with Crippen molar-refractivity contribution in [1.29, 1.82) is 0 Å². The van der Waals surface area contributed by atoms with Gasteiger partial charge in [-0.1, -0.05) is 0 Å². The Morgan fingerprint density at radius 3 is 2.69 bits per heavy atom. The quantitative estimate of drug-likeness (QED) is 0.666. The summed E-state index contributed by atoms with van der Waals surface area (Å²) < 4.78 is 5.28. The highest BCUT2D eigenvalue weighted by molar-refractivity contribution is 7.80. The predicted molar refractivity (Wildman–Crippen MR) is 57.8 cm³/mol. The van der Waals surface area contributed by atoms with E-state index in [4.69, 9.17) is 17.0 Å². The molecule has 1 fully saturated rings. The Labute approximate surface area is 85.2 Å². The third kappa shape index (κ3) is 4.43. The third-order valence-corrected chi connectivity index (χ3v) is 2.52. The van der Waals surface area contributed by atoms with Crippen molar-refractivity contribution in [2.24, 2.45) is 5.92 Å². The fourth-order valence-electron chi connectivity index (χ4n) is 1.41. The number of hydrogen-bond donors (Lipinski definition) is 2. The first-order chi connectivity index (χ1) is 6.33. The van der Waals surface area contributed by atoms with Gasteiger partial charge in [-0.2, -0.15) is 0 Å². The molecular weight excluding hydrogens is 184 g/mol. The topological polar surface area (TPSA) is 33.3 Å². The van der Waals surface area contributed by atoms with Crippen LogP contribution in [0.3, 0.4) is 0 Å². The summed E-state index contributed by atoms with van der Waals surface area (Å²) in [6, 6.07) is 0. The van der Waals surface area contributed by atoms with E-state index >= 15 is 0 Å². The molecular formula is C9H18N2OS. The highest BCUT2D eigenvalue weighted by Gasteiger charge is 2.13. The molecule has 0 aromatic heterocycles. The highest BCUT2D eigenvalue weighted by atomic mass is 32.1. The molecule has 1 heterocycles. The van der Waals surface area contributed by atoms with Crippen molar-refractivity contribution in [2.75, 3.05) is 26.3 Å². The largest absolute Gasteiger partial charge is 0.381 e. The van der Waals surface area contributed by atoms with Crippen molar-refractivity contribution in [3.8, 4) is 0 Å². The van der Waals surface area contributed by atoms with Gasteiger partial charge in [-0.3, -0.25) is 0 Å². The summed E-state index contributed by atoms with van der Waals surface area (Å²) in [6.07, 6.45) is 2.31. The van der Waals surface area contributed by atoms with Crippen molar-refractivity contribution >= 4 is 17.3 Å². The first kappa shape index (κ1) is 10.7. The average molecular weight is 202 g/mol. The summed E-state index contributed by atoms with van der Waals surface area (Å²) in [5, 5.41) is 7.06. The first-order valence-electron chi connectivity index (χ1n) is 4.92. The molecule has 0 aliphatic carbocycles. The van der Waals surface area contributed by atoms with E-state index in [-0.39, 0.29) is 0 Å². The van der Waals surface area contributed by atoms with Gasteiger partial charge in [-0.15, -0.1) is 0 Å². The van der Waals surface area contributed by atoms with Gasteiger partial charge in [0, 0.05) is 26.3 Å². The summed E-state index contributed by atoms with van der Waals surface area (Å²) in [6.45, 7) is 5.72. The molecule has 1 saturated heterocycles. The number of thiocarbonyl (C=S) groups is 1. The van der Waals surface area contributed by atoms with Crippen LogP contribution in [0.25, 0.3) is 0 Å². The van der Waals surface area contributed by atoms with Crippen LogP contribution in [0.15, 0.2) is 0 Å². The van der Waals surface area contributed by atoms with E-state index in [0.29, 0.717) is 0 Å². The highest BCUT2D eigenvalue weighted by Crippen LogP contribution is 2.12. The molecule has 76 valence electrons. The van der Waals surface area contributed by atoms with Crippen LogP contribution < -0.4 is 10.6 Å². The van der Waals surface area contributed by atoms with Gasteiger partial charge < -0.3 is 15.4 Å². The third-order valence-electron chi connectivity index (χ3n) is 2.23. The maximum Gasteiger partial charge on any atom is 0.166 e. The maximum atomic E-state index is 5.28. The molecule has 0 atom stereocenters. The lowest BCUT2D eigenvalue weighted by molar-refractivity contribution is 0.0676. The van der Waals surface area contributed by atoms with Crippen LogP contribution in [0.4, 0.5) is 0 Å². The van der Waals surface area contributed by atoms with Crippen LogP contribution in [0, 0.1) is 5.92 Å². The number of nitrogens with one attached hydrogen (secondary N) is 2. The molecule has 3 nitrogen and oxygen atoms in total. The van der Waals surface area contributed by atoms with Crippen LogP contribution in [0.1, 0.15) is 19.8 Å². The van der Waals surface area contributed by atoms with Crippen molar-refractivity contribution in [3.05, 3.63) is 0 Å². The van der Waals surface area contributed by atoms with Crippen LogP contribution >= 0.6 is 12.2 Å². The van der Waals surface area contributed by atoms with Gasteiger partial charge in [0.15, 0.2) is 5.11 Å².